The zero-order chi connectivity index (χ0) is 24.7. The van der Waals surface area contributed by atoms with Gasteiger partial charge in [-0.2, -0.15) is 5.26 Å². The van der Waals surface area contributed by atoms with E-state index in [-0.39, 0.29) is 42.9 Å². The highest BCUT2D eigenvalue weighted by Gasteiger charge is 2.40. The van der Waals surface area contributed by atoms with E-state index in [0.717, 1.165) is 49.2 Å². The number of benzene rings is 2. The smallest absolute Gasteiger partial charge is 0.255 e. The standard InChI is InChI=1S/C27H27FN4O3/c1-16-8-17(13-29)10-18(9-16)14-31-6-4-19(5-7-31)21-11-20-15-32(27(35)22(20)12-23(21)28)24-2-3-25(33)30-26(24)34/h8-12,19,24H,2-7,14-15H2,1H3,(H,30,33,34). The molecule has 2 aromatic rings. The van der Waals surface area contributed by atoms with Crippen LogP contribution in [0.5, 0.6) is 0 Å². The Balaban J connectivity index is 1.26. The van der Waals surface area contributed by atoms with Crippen LogP contribution in [-0.2, 0) is 22.7 Å². The number of nitriles is 1. The van der Waals surface area contributed by atoms with Crippen molar-refractivity contribution in [2.24, 2.45) is 0 Å². The molecule has 180 valence electrons. The van der Waals surface area contributed by atoms with Crippen molar-refractivity contribution in [1.82, 2.24) is 15.1 Å². The van der Waals surface area contributed by atoms with Crippen molar-refractivity contribution in [3.05, 3.63) is 69.5 Å². The van der Waals surface area contributed by atoms with Gasteiger partial charge in [0.05, 0.1) is 11.6 Å². The molecule has 2 aromatic carbocycles. The lowest BCUT2D eigenvalue weighted by Gasteiger charge is -2.32. The molecule has 3 amide bonds. The summed E-state index contributed by atoms with van der Waals surface area (Å²) in [6.45, 7) is 4.63. The number of aryl methyl sites for hydroxylation is 1. The zero-order valence-corrected chi connectivity index (χ0v) is 19.6. The van der Waals surface area contributed by atoms with Gasteiger partial charge < -0.3 is 4.90 Å². The number of nitrogens with one attached hydrogen (secondary N) is 1. The number of halogens is 1. The lowest BCUT2D eigenvalue weighted by Crippen LogP contribution is -2.52. The topological polar surface area (TPSA) is 93.5 Å². The van der Waals surface area contributed by atoms with Crippen LogP contribution in [0, 0.1) is 24.1 Å². The number of rotatable bonds is 4. The van der Waals surface area contributed by atoms with Crippen molar-refractivity contribution in [1.29, 1.82) is 5.26 Å². The second-order valence-corrected chi connectivity index (χ2v) is 9.80. The van der Waals surface area contributed by atoms with E-state index in [0.29, 0.717) is 16.7 Å². The molecule has 0 aromatic heterocycles. The van der Waals surface area contributed by atoms with Crippen molar-refractivity contribution in [2.75, 3.05) is 13.1 Å². The molecule has 7 nitrogen and oxygen atoms in total. The highest BCUT2D eigenvalue weighted by molar-refractivity contribution is 6.05. The van der Waals surface area contributed by atoms with Crippen LogP contribution >= 0.6 is 0 Å². The van der Waals surface area contributed by atoms with Gasteiger partial charge >= 0.3 is 0 Å². The Hall–Kier alpha value is -3.57. The molecule has 0 bridgehead atoms. The second-order valence-electron chi connectivity index (χ2n) is 9.80. The first kappa shape index (κ1) is 23.2. The highest BCUT2D eigenvalue weighted by Crippen LogP contribution is 2.35. The van der Waals surface area contributed by atoms with Gasteiger partial charge in [0.25, 0.3) is 5.91 Å². The molecule has 0 aliphatic carbocycles. The Morgan fingerprint density at radius 2 is 1.86 bits per heavy atom. The minimum Gasteiger partial charge on any atom is -0.322 e. The van der Waals surface area contributed by atoms with Crippen LogP contribution in [0.15, 0.2) is 30.3 Å². The average molecular weight is 475 g/mol. The number of hydrogen-bond acceptors (Lipinski definition) is 5. The second kappa shape index (κ2) is 9.23. The molecular weight excluding hydrogens is 447 g/mol. The third kappa shape index (κ3) is 4.56. The summed E-state index contributed by atoms with van der Waals surface area (Å²) in [6.07, 6.45) is 2.08. The maximum Gasteiger partial charge on any atom is 0.255 e. The maximum atomic E-state index is 15.1. The molecule has 5 rings (SSSR count). The van der Waals surface area contributed by atoms with E-state index in [4.69, 9.17) is 0 Å². The average Bonchev–Trinajstić information content (AvgIpc) is 3.14. The molecule has 8 heteroatoms. The summed E-state index contributed by atoms with van der Waals surface area (Å²) in [4.78, 5) is 40.4. The molecule has 3 aliphatic heterocycles. The fourth-order valence-corrected chi connectivity index (χ4v) is 5.60. The summed E-state index contributed by atoms with van der Waals surface area (Å²) in [7, 11) is 0. The third-order valence-corrected chi connectivity index (χ3v) is 7.34. The summed E-state index contributed by atoms with van der Waals surface area (Å²) in [5.41, 5.74) is 4.51. The molecule has 3 aliphatic rings. The van der Waals surface area contributed by atoms with Crippen LogP contribution in [-0.4, -0.2) is 46.7 Å². The molecule has 1 N–H and O–H groups in total. The van der Waals surface area contributed by atoms with Gasteiger partial charge in [0.1, 0.15) is 11.9 Å². The lowest BCUT2D eigenvalue weighted by molar-refractivity contribution is -0.136. The summed E-state index contributed by atoms with van der Waals surface area (Å²) >= 11 is 0. The van der Waals surface area contributed by atoms with E-state index in [1.807, 2.05) is 19.1 Å². The van der Waals surface area contributed by atoms with Gasteiger partial charge in [-0.3, -0.25) is 24.6 Å². The largest absolute Gasteiger partial charge is 0.322 e. The monoisotopic (exact) mass is 474 g/mol. The summed E-state index contributed by atoms with van der Waals surface area (Å²) < 4.78 is 15.1. The van der Waals surface area contributed by atoms with E-state index in [1.165, 1.54) is 11.0 Å². The van der Waals surface area contributed by atoms with Crippen LogP contribution < -0.4 is 5.32 Å². The van der Waals surface area contributed by atoms with E-state index < -0.39 is 11.9 Å². The number of likely N-dealkylation sites (tertiary alicyclic amines) is 1. The predicted octanol–water partition coefficient (Wildman–Crippen LogP) is 3.15. The summed E-state index contributed by atoms with van der Waals surface area (Å²) in [5, 5.41) is 11.5. The van der Waals surface area contributed by atoms with E-state index >= 15 is 4.39 Å². The van der Waals surface area contributed by atoms with Crippen LogP contribution in [0.3, 0.4) is 0 Å². The molecule has 3 heterocycles. The number of carbonyl (C=O) groups is 3. The highest BCUT2D eigenvalue weighted by atomic mass is 19.1. The molecule has 1 atom stereocenters. The Bertz CT molecular complexity index is 1260. The maximum absolute atomic E-state index is 15.1. The van der Waals surface area contributed by atoms with Crippen molar-refractivity contribution < 1.29 is 18.8 Å². The van der Waals surface area contributed by atoms with Crippen LogP contribution in [0.2, 0.25) is 0 Å². The molecule has 0 spiro atoms. The quantitative estimate of drug-likeness (QED) is 0.688. The third-order valence-electron chi connectivity index (χ3n) is 7.34. The fourth-order valence-electron chi connectivity index (χ4n) is 5.60. The van der Waals surface area contributed by atoms with Gasteiger partial charge in [-0.15, -0.1) is 0 Å². The predicted molar refractivity (Wildman–Crippen MR) is 126 cm³/mol. The van der Waals surface area contributed by atoms with Crippen LogP contribution in [0.1, 0.15) is 69.8 Å². The zero-order valence-electron chi connectivity index (χ0n) is 19.6. The van der Waals surface area contributed by atoms with Crippen molar-refractivity contribution in [2.45, 2.75) is 57.7 Å². The fraction of sp³-hybridized carbons (Fsp3) is 0.407. The molecule has 1 unspecified atom stereocenters. The van der Waals surface area contributed by atoms with E-state index in [1.54, 1.807) is 6.07 Å². The molecule has 0 radical (unpaired) electrons. The Morgan fingerprint density at radius 3 is 2.57 bits per heavy atom. The number of carbonyl (C=O) groups excluding carboxylic acids is 3. The minimum atomic E-state index is -0.703. The first-order chi connectivity index (χ1) is 16.8. The minimum absolute atomic E-state index is 0.0588. The normalized spacial score (nSPS) is 21.1. The SMILES string of the molecule is Cc1cc(C#N)cc(CN2CCC(c3cc4c(cc3F)C(=O)N(C3CCC(=O)NC3=O)C4)CC2)c1. The van der Waals surface area contributed by atoms with Gasteiger partial charge in [0, 0.05) is 25.1 Å². The first-order valence-corrected chi connectivity index (χ1v) is 12.0. The number of imide groups is 1. The van der Waals surface area contributed by atoms with Gasteiger partial charge in [0.15, 0.2) is 0 Å². The Kier molecular flexibility index (Phi) is 6.12. The molecular formula is C27H27FN4O3. The molecule has 35 heavy (non-hydrogen) atoms. The Morgan fingerprint density at radius 1 is 1.09 bits per heavy atom. The van der Waals surface area contributed by atoms with Crippen LogP contribution in [0.4, 0.5) is 4.39 Å². The van der Waals surface area contributed by atoms with Gasteiger partial charge in [-0.05, 0) is 85.6 Å². The number of amides is 3. The van der Waals surface area contributed by atoms with Crippen molar-refractivity contribution >= 4 is 17.7 Å². The summed E-state index contributed by atoms with van der Waals surface area (Å²) in [5.74, 6) is -1.47. The summed E-state index contributed by atoms with van der Waals surface area (Å²) in [6, 6.07) is 10.5. The molecule has 2 fully saturated rings. The van der Waals surface area contributed by atoms with E-state index in [2.05, 4.69) is 22.4 Å². The number of hydrogen-bond donors (Lipinski definition) is 1. The van der Waals surface area contributed by atoms with Gasteiger partial charge in [-0.1, -0.05) is 12.1 Å². The number of nitrogens with zero attached hydrogens (tertiary/aromatic N) is 3. The number of piperidine rings is 2. The van der Waals surface area contributed by atoms with Crippen molar-refractivity contribution in [3.63, 3.8) is 0 Å². The van der Waals surface area contributed by atoms with Gasteiger partial charge in [-0.25, -0.2) is 4.39 Å². The van der Waals surface area contributed by atoms with E-state index in [9.17, 15) is 19.6 Å². The molecule has 2 saturated heterocycles. The van der Waals surface area contributed by atoms with Crippen molar-refractivity contribution in [3.8, 4) is 6.07 Å². The molecule has 0 saturated carbocycles. The first-order valence-electron chi connectivity index (χ1n) is 12.0. The number of fused-ring (bicyclic) bond motifs is 1. The van der Waals surface area contributed by atoms with Gasteiger partial charge in [0.2, 0.25) is 11.8 Å². The lowest BCUT2D eigenvalue weighted by atomic mass is 9.87. The Labute approximate surface area is 203 Å². The van der Waals surface area contributed by atoms with Crippen LogP contribution in [0.25, 0.3) is 0 Å².